The van der Waals surface area contributed by atoms with E-state index in [2.05, 4.69) is 5.32 Å². The van der Waals surface area contributed by atoms with Crippen molar-refractivity contribution < 1.29 is 23.5 Å². The summed E-state index contributed by atoms with van der Waals surface area (Å²) in [7, 11) is 0. The Morgan fingerprint density at radius 1 is 1.03 bits per heavy atom. The number of nitrogens with one attached hydrogen (secondary N) is 1. The second-order valence-electron chi connectivity index (χ2n) is 8.57. The van der Waals surface area contributed by atoms with Crippen LogP contribution in [0.3, 0.4) is 0 Å². The summed E-state index contributed by atoms with van der Waals surface area (Å²) >= 11 is 11.7. The molecule has 38 heavy (non-hydrogen) atoms. The summed E-state index contributed by atoms with van der Waals surface area (Å²) in [6, 6.07) is 18.3. The van der Waals surface area contributed by atoms with E-state index in [-0.39, 0.29) is 35.8 Å². The molecule has 0 aliphatic carbocycles. The van der Waals surface area contributed by atoms with Crippen LogP contribution in [0.2, 0.25) is 5.02 Å². The van der Waals surface area contributed by atoms with Gasteiger partial charge in [0.15, 0.2) is 5.11 Å². The zero-order chi connectivity index (χ0) is 27.2. The van der Waals surface area contributed by atoms with Gasteiger partial charge in [0.05, 0.1) is 24.3 Å². The molecule has 0 bridgehead atoms. The molecule has 0 spiro atoms. The van der Waals surface area contributed by atoms with Crippen LogP contribution in [0.15, 0.2) is 72.8 Å². The van der Waals surface area contributed by atoms with E-state index in [9.17, 15) is 18.8 Å². The number of benzene rings is 3. The fraction of sp³-hybridized carbons (Fsp3) is 0.214. The van der Waals surface area contributed by atoms with Gasteiger partial charge in [-0.25, -0.2) is 9.18 Å². The number of ether oxygens (including phenoxy) is 1. The lowest BCUT2D eigenvalue weighted by molar-refractivity contribution is -0.124. The van der Waals surface area contributed by atoms with E-state index in [1.54, 1.807) is 72.5 Å². The van der Waals surface area contributed by atoms with Crippen molar-refractivity contribution in [3.05, 3.63) is 94.8 Å². The zero-order valence-electron chi connectivity index (χ0n) is 20.5. The first-order valence-corrected chi connectivity index (χ1v) is 12.8. The molecule has 196 valence electrons. The van der Waals surface area contributed by atoms with Crippen LogP contribution in [0.1, 0.15) is 29.3 Å². The fourth-order valence-corrected chi connectivity index (χ4v) is 4.65. The van der Waals surface area contributed by atoms with E-state index in [4.69, 9.17) is 28.6 Å². The molecule has 4 rings (SSSR count). The van der Waals surface area contributed by atoms with Crippen LogP contribution < -0.4 is 10.2 Å². The van der Waals surface area contributed by atoms with Gasteiger partial charge in [0.1, 0.15) is 11.9 Å². The molecule has 1 aliphatic rings. The summed E-state index contributed by atoms with van der Waals surface area (Å²) in [5.41, 5.74) is 2.26. The molecule has 7 nitrogen and oxygen atoms in total. The Hall–Kier alpha value is -3.82. The number of hydrogen-bond donors (Lipinski definition) is 1. The molecular weight excluding hydrogens is 529 g/mol. The minimum absolute atomic E-state index is 0.147. The zero-order valence-corrected chi connectivity index (χ0v) is 22.1. The molecule has 1 atom stereocenters. The molecule has 1 N–H and O–H groups in total. The van der Waals surface area contributed by atoms with Crippen molar-refractivity contribution >= 4 is 58.1 Å². The molecule has 3 aromatic rings. The van der Waals surface area contributed by atoms with Crippen molar-refractivity contribution in [2.45, 2.75) is 25.8 Å². The van der Waals surface area contributed by atoms with E-state index in [1.165, 1.54) is 17.0 Å². The minimum atomic E-state index is -0.836. The lowest BCUT2D eigenvalue weighted by Crippen LogP contribution is -2.39. The highest BCUT2D eigenvalue weighted by molar-refractivity contribution is 7.80. The number of thiocarbonyl (C=S) groups is 1. The van der Waals surface area contributed by atoms with Gasteiger partial charge in [0.25, 0.3) is 5.91 Å². The summed E-state index contributed by atoms with van der Waals surface area (Å²) in [5, 5.41) is 3.57. The Kier molecular flexibility index (Phi) is 8.70. The summed E-state index contributed by atoms with van der Waals surface area (Å²) in [4.78, 5) is 41.5. The molecule has 3 aromatic carbocycles. The van der Waals surface area contributed by atoms with Crippen LogP contribution >= 0.6 is 23.8 Å². The van der Waals surface area contributed by atoms with Crippen molar-refractivity contribution in [3.8, 4) is 0 Å². The molecular formula is C28H25ClFN3O4S. The maximum Gasteiger partial charge on any atom is 0.338 e. The highest BCUT2D eigenvalue weighted by Crippen LogP contribution is 2.29. The smallest absolute Gasteiger partial charge is 0.338 e. The topological polar surface area (TPSA) is 78.9 Å². The SMILES string of the molecule is CCOC(=O)c1ccc(NC(=O)CC2C(=O)N(c3ccc(Cl)cc3)C(=S)N2CCc2ccc(F)cc2)cc1. The number of anilines is 2. The third-order valence-electron chi connectivity index (χ3n) is 6.02. The van der Waals surface area contributed by atoms with E-state index in [0.29, 0.717) is 34.9 Å². The van der Waals surface area contributed by atoms with Crippen LogP contribution in [-0.4, -0.2) is 47.0 Å². The van der Waals surface area contributed by atoms with Crippen LogP contribution in [0, 0.1) is 5.82 Å². The molecule has 1 saturated heterocycles. The summed E-state index contributed by atoms with van der Waals surface area (Å²) < 4.78 is 18.3. The Bertz CT molecular complexity index is 1330. The fourth-order valence-electron chi connectivity index (χ4n) is 4.11. The molecule has 1 unspecified atom stereocenters. The molecule has 0 aromatic heterocycles. The maximum absolute atomic E-state index is 13.5. The van der Waals surface area contributed by atoms with Gasteiger partial charge >= 0.3 is 5.97 Å². The Morgan fingerprint density at radius 3 is 2.32 bits per heavy atom. The molecule has 1 fully saturated rings. The summed E-state index contributed by atoms with van der Waals surface area (Å²) in [5.74, 6) is -1.50. The minimum Gasteiger partial charge on any atom is -0.462 e. The number of amides is 2. The highest BCUT2D eigenvalue weighted by atomic mass is 35.5. The van der Waals surface area contributed by atoms with Crippen molar-refractivity contribution in [3.63, 3.8) is 0 Å². The number of esters is 1. The van der Waals surface area contributed by atoms with Crippen molar-refractivity contribution in [2.24, 2.45) is 0 Å². The van der Waals surface area contributed by atoms with E-state index < -0.39 is 12.0 Å². The predicted molar refractivity (Wildman–Crippen MR) is 148 cm³/mol. The second kappa shape index (κ2) is 12.1. The Balaban J connectivity index is 1.51. The molecule has 1 heterocycles. The van der Waals surface area contributed by atoms with Crippen molar-refractivity contribution in [1.82, 2.24) is 4.90 Å². The number of rotatable bonds is 9. The third kappa shape index (κ3) is 6.35. The van der Waals surface area contributed by atoms with Crippen molar-refractivity contribution in [2.75, 3.05) is 23.4 Å². The van der Waals surface area contributed by atoms with Gasteiger partial charge in [0, 0.05) is 17.3 Å². The monoisotopic (exact) mass is 553 g/mol. The molecule has 0 radical (unpaired) electrons. The van der Waals surface area contributed by atoms with E-state index in [1.807, 2.05) is 0 Å². The van der Waals surface area contributed by atoms with Gasteiger partial charge in [-0.15, -0.1) is 0 Å². The average Bonchev–Trinajstić information content (AvgIpc) is 3.13. The van der Waals surface area contributed by atoms with Crippen LogP contribution in [0.25, 0.3) is 0 Å². The normalized spacial score (nSPS) is 15.1. The lowest BCUT2D eigenvalue weighted by Gasteiger charge is -2.24. The first-order valence-electron chi connectivity index (χ1n) is 12.0. The Labute approximate surface area is 230 Å². The highest BCUT2D eigenvalue weighted by Gasteiger charge is 2.43. The van der Waals surface area contributed by atoms with Gasteiger partial charge in [-0.05, 0) is 91.8 Å². The molecule has 2 amide bonds. The first-order chi connectivity index (χ1) is 18.3. The first kappa shape index (κ1) is 27.2. The molecule has 0 saturated carbocycles. The van der Waals surface area contributed by atoms with Crippen molar-refractivity contribution in [1.29, 1.82) is 0 Å². The predicted octanol–water partition coefficient (Wildman–Crippen LogP) is 5.23. The number of carbonyl (C=O) groups excluding carboxylic acids is 3. The quantitative estimate of drug-likeness (QED) is 0.289. The summed E-state index contributed by atoms with van der Waals surface area (Å²) in [6.07, 6.45) is 0.349. The third-order valence-corrected chi connectivity index (χ3v) is 6.69. The van der Waals surface area contributed by atoms with Crippen LogP contribution in [-0.2, 0) is 20.7 Å². The van der Waals surface area contributed by atoms with E-state index in [0.717, 1.165) is 5.56 Å². The average molecular weight is 554 g/mol. The largest absolute Gasteiger partial charge is 0.462 e. The van der Waals surface area contributed by atoms with Gasteiger partial charge in [-0.1, -0.05) is 23.7 Å². The standard InChI is InChI=1S/C28H25ClFN3O4S/c1-2-37-27(36)19-5-11-22(12-6-19)31-25(34)17-24-26(35)33(23-13-7-20(29)8-14-23)28(38)32(24)16-15-18-3-9-21(30)10-4-18/h3-14,24H,2,15-17H2,1H3,(H,31,34). The molecule has 10 heteroatoms. The van der Waals surface area contributed by atoms with Crippen LogP contribution in [0.5, 0.6) is 0 Å². The maximum atomic E-state index is 13.5. The number of nitrogens with zero attached hydrogens (tertiary/aromatic N) is 2. The summed E-state index contributed by atoms with van der Waals surface area (Å²) in [6.45, 7) is 2.34. The van der Waals surface area contributed by atoms with Gasteiger partial charge in [-0.3, -0.25) is 14.5 Å². The second-order valence-corrected chi connectivity index (χ2v) is 9.37. The lowest BCUT2D eigenvalue weighted by atomic mass is 10.1. The number of hydrogen-bond acceptors (Lipinski definition) is 5. The number of carbonyl (C=O) groups is 3. The van der Waals surface area contributed by atoms with Gasteiger partial charge in [0.2, 0.25) is 5.91 Å². The number of halogens is 2. The van der Waals surface area contributed by atoms with Crippen LogP contribution in [0.4, 0.5) is 15.8 Å². The Morgan fingerprint density at radius 2 is 1.68 bits per heavy atom. The van der Waals surface area contributed by atoms with Gasteiger partial charge < -0.3 is 15.0 Å². The molecule has 1 aliphatic heterocycles. The van der Waals surface area contributed by atoms with Gasteiger partial charge in [-0.2, -0.15) is 0 Å². The van der Waals surface area contributed by atoms with E-state index >= 15 is 0 Å².